The maximum absolute atomic E-state index is 14.1. The Balaban J connectivity index is 0.000000591. The first-order chi connectivity index (χ1) is 21.4. The van der Waals surface area contributed by atoms with Crippen LogP contribution in [0.15, 0.2) is 120 Å². The summed E-state index contributed by atoms with van der Waals surface area (Å²) in [5.74, 6) is -2.93. The first kappa shape index (κ1) is 32.5. The fourth-order valence-corrected chi connectivity index (χ4v) is 4.95. The Morgan fingerprint density at radius 3 is 1.87 bits per heavy atom. The van der Waals surface area contributed by atoms with E-state index in [9.17, 15) is 22.8 Å². The maximum atomic E-state index is 14.1. The molecule has 45 heavy (non-hydrogen) atoms. The van der Waals surface area contributed by atoms with Crippen LogP contribution in [0.5, 0.6) is 0 Å². The average molecular weight is 617 g/mol. The second kappa shape index (κ2) is 13.5. The molecule has 11 heteroatoms. The van der Waals surface area contributed by atoms with E-state index in [-0.39, 0.29) is 30.4 Å². The van der Waals surface area contributed by atoms with Gasteiger partial charge in [0.1, 0.15) is 0 Å². The molecule has 1 aliphatic heterocycles. The molecule has 2 amide bonds. The molecule has 0 unspecified atom stereocenters. The van der Waals surface area contributed by atoms with Gasteiger partial charge in [-0.1, -0.05) is 103 Å². The normalized spacial score (nSPS) is 14.6. The van der Waals surface area contributed by atoms with Gasteiger partial charge in [0.15, 0.2) is 11.5 Å². The summed E-state index contributed by atoms with van der Waals surface area (Å²) in [7, 11) is 1.80. The van der Waals surface area contributed by atoms with Crippen molar-refractivity contribution in [3.8, 4) is 0 Å². The van der Waals surface area contributed by atoms with Crippen LogP contribution in [-0.2, 0) is 21.7 Å². The van der Waals surface area contributed by atoms with Gasteiger partial charge in [-0.15, -0.1) is 0 Å². The number of aliphatic imine (C=N–C) groups is 1. The van der Waals surface area contributed by atoms with Crippen LogP contribution in [0.3, 0.4) is 0 Å². The largest absolute Gasteiger partial charge is 0.490 e. The third-order valence-electron chi connectivity index (χ3n) is 7.44. The van der Waals surface area contributed by atoms with E-state index in [0.29, 0.717) is 5.56 Å². The summed E-state index contributed by atoms with van der Waals surface area (Å²) in [4.78, 5) is 44.3. The zero-order valence-corrected chi connectivity index (χ0v) is 24.5. The fourth-order valence-electron chi connectivity index (χ4n) is 4.95. The highest BCUT2D eigenvalue weighted by Gasteiger charge is 2.50. The van der Waals surface area contributed by atoms with E-state index in [2.05, 4.69) is 0 Å². The lowest BCUT2D eigenvalue weighted by molar-refractivity contribution is -0.192. The summed E-state index contributed by atoms with van der Waals surface area (Å²) < 4.78 is 31.7. The predicted octanol–water partition coefficient (Wildman–Crippen LogP) is 5.75. The summed E-state index contributed by atoms with van der Waals surface area (Å²) in [5.41, 5.74) is 9.04. The molecule has 1 aliphatic rings. The SMILES string of the molecule is C[C@H](c1ccccc1)N(C)C(=O)c1cccc(CN2C(=O)C(c3ccccc3)(c3ccccc3)N=C2N)c1.O=C(O)C(F)(F)F. The summed E-state index contributed by atoms with van der Waals surface area (Å²) in [6.45, 7) is 2.21. The topological polar surface area (TPSA) is 116 Å². The Bertz CT molecular complexity index is 1640. The predicted molar refractivity (Wildman–Crippen MR) is 163 cm³/mol. The Kier molecular flexibility index (Phi) is 9.71. The lowest BCUT2D eigenvalue weighted by Gasteiger charge is -2.27. The highest BCUT2D eigenvalue weighted by Crippen LogP contribution is 2.40. The van der Waals surface area contributed by atoms with E-state index in [1.54, 1.807) is 18.0 Å². The van der Waals surface area contributed by atoms with Gasteiger partial charge < -0.3 is 15.7 Å². The van der Waals surface area contributed by atoms with E-state index in [0.717, 1.165) is 22.3 Å². The number of amides is 2. The molecular formula is C34H31F3N4O4. The molecule has 0 spiro atoms. The van der Waals surface area contributed by atoms with Gasteiger partial charge in [0.2, 0.25) is 0 Å². The molecule has 0 aromatic heterocycles. The van der Waals surface area contributed by atoms with Gasteiger partial charge in [-0.25, -0.2) is 9.79 Å². The van der Waals surface area contributed by atoms with E-state index in [1.807, 2.05) is 116 Å². The number of nitrogens with zero attached hydrogens (tertiary/aromatic N) is 3. The number of carboxylic acids is 1. The summed E-state index contributed by atoms with van der Waals surface area (Å²) in [6, 6.07) is 36.1. The van der Waals surface area contributed by atoms with Crippen molar-refractivity contribution in [1.29, 1.82) is 0 Å². The number of hydrogen-bond acceptors (Lipinski definition) is 5. The quantitative estimate of drug-likeness (QED) is 0.274. The molecule has 3 N–H and O–H groups in total. The summed E-state index contributed by atoms with van der Waals surface area (Å²) in [6.07, 6.45) is -5.08. The molecule has 4 aromatic carbocycles. The van der Waals surface area contributed by atoms with Crippen molar-refractivity contribution in [3.05, 3.63) is 143 Å². The van der Waals surface area contributed by atoms with E-state index in [1.165, 1.54) is 4.90 Å². The van der Waals surface area contributed by atoms with Crippen LogP contribution in [0.1, 0.15) is 45.6 Å². The molecule has 0 radical (unpaired) electrons. The zero-order valence-electron chi connectivity index (χ0n) is 24.5. The van der Waals surface area contributed by atoms with Gasteiger partial charge in [-0.3, -0.25) is 14.5 Å². The molecule has 1 heterocycles. The molecule has 1 atom stereocenters. The maximum Gasteiger partial charge on any atom is 0.490 e. The number of alkyl halides is 3. The number of carboxylic acid groups (broad SMARTS) is 1. The Morgan fingerprint density at radius 1 is 0.889 bits per heavy atom. The van der Waals surface area contributed by atoms with Gasteiger partial charge in [0.05, 0.1) is 12.6 Å². The number of rotatable bonds is 7. The third kappa shape index (κ3) is 7.04. The van der Waals surface area contributed by atoms with Crippen LogP contribution < -0.4 is 5.73 Å². The average Bonchev–Trinajstić information content (AvgIpc) is 3.30. The number of carbonyl (C=O) groups is 3. The molecule has 232 valence electrons. The minimum absolute atomic E-state index is 0.0901. The molecule has 0 fully saturated rings. The van der Waals surface area contributed by atoms with Gasteiger partial charge in [-0.2, -0.15) is 13.2 Å². The van der Waals surface area contributed by atoms with E-state index >= 15 is 0 Å². The summed E-state index contributed by atoms with van der Waals surface area (Å²) >= 11 is 0. The van der Waals surface area contributed by atoms with Crippen molar-refractivity contribution < 1.29 is 32.7 Å². The Labute approximate surface area is 258 Å². The Hall–Kier alpha value is -5.45. The van der Waals surface area contributed by atoms with Crippen LogP contribution >= 0.6 is 0 Å². The molecule has 0 aliphatic carbocycles. The number of nitrogens with two attached hydrogens (primary N) is 1. The van der Waals surface area contributed by atoms with Gasteiger partial charge in [0.25, 0.3) is 11.8 Å². The lowest BCUT2D eigenvalue weighted by Crippen LogP contribution is -2.43. The number of halogens is 3. The van der Waals surface area contributed by atoms with Crippen LogP contribution in [0.2, 0.25) is 0 Å². The monoisotopic (exact) mass is 616 g/mol. The number of benzene rings is 4. The van der Waals surface area contributed by atoms with Crippen LogP contribution in [-0.4, -0.2) is 51.9 Å². The number of aliphatic carboxylic acids is 1. The first-order valence-electron chi connectivity index (χ1n) is 13.9. The van der Waals surface area contributed by atoms with Crippen molar-refractivity contribution in [1.82, 2.24) is 9.80 Å². The van der Waals surface area contributed by atoms with Crippen LogP contribution in [0, 0.1) is 0 Å². The smallest absolute Gasteiger partial charge is 0.475 e. The number of guanidine groups is 1. The van der Waals surface area contributed by atoms with Crippen molar-refractivity contribution >= 4 is 23.7 Å². The van der Waals surface area contributed by atoms with Gasteiger partial charge in [0, 0.05) is 12.6 Å². The van der Waals surface area contributed by atoms with Gasteiger partial charge in [-0.05, 0) is 41.3 Å². The zero-order chi connectivity index (χ0) is 32.8. The molecule has 5 rings (SSSR count). The number of hydrogen-bond donors (Lipinski definition) is 2. The highest BCUT2D eigenvalue weighted by atomic mass is 19.4. The van der Waals surface area contributed by atoms with Crippen molar-refractivity contribution in [3.63, 3.8) is 0 Å². The highest BCUT2D eigenvalue weighted by molar-refractivity contribution is 6.09. The van der Waals surface area contributed by atoms with Crippen molar-refractivity contribution in [2.24, 2.45) is 10.7 Å². The minimum Gasteiger partial charge on any atom is -0.475 e. The molecule has 0 bridgehead atoms. The Morgan fingerprint density at radius 2 is 1.38 bits per heavy atom. The van der Waals surface area contributed by atoms with Crippen LogP contribution in [0.25, 0.3) is 0 Å². The lowest BCUT2D eigenvalue weighted by atomic mass is 9.83. The number of carbonyl (C=O) groups excluding carboxylic acids is 2. The van der Waals surface area contributed by atoms with Gasteiger partial charge >= 0.3 is 12.1 Å². The second-order valence-corrected chi connectivity index (χ2v) is 10.3. The molecule has 0 saturated carbocycles. The van der Waals surface area contributed by atoms with E-state index in [4.69, 9.17) is 20.6 Å². The molecule has 4 aromatic rings. The minimum atomic E-state index is -5.08. The first-order valence-corrected chi connectivity index (χ1v) is 13.9. The summed E-state index contributed by atoms with van der Waals surface area (Å²) in [5, 5.41) is 7.12. The van der Waals surface area contributed by atoms with Crippen molar-refractivity contribution in [2.45, 2.75) is 31.2 Å². The second-order valence-electron chi connectivity index (χ2n) is 10.3. The third-order valence-corrected chi connectivity index (χ3v) is 7.44. The fraction of sp³-hybridized carbons (Fsp3) is 0.176. The van der Waals surface area contributed by atoms with E-state index < -0.39 is 17.7 Å². The van der Waals surface area contributed by atoms with Crippen LogP contribution in [0.4, 0.5) is 13.2 Å². The molecular weight excluding hydrogens is 585 g/mol. The van der Waals surface area contributed by atoms with Crippen molar-refractivity contribution in [2.75, 3.05) is 7.05 Å². The molecule has 8 nitrogen and oxygen atoms in total. The standard InChI is InChI=1S/C32H30N4O2.C2HF3O2/c1-23(25-14-6-3-7-15-25)35(2)29(37)26-16-12-13-24(21-26)22-36-30(38)32(34-31(36)33,27-17-8-4-9-18-27)28-19-10-5-11-20-28;3-2(4,5)1(6)7/h3-21,23H,22H2,1-2H3,(H2,33,34);(H,6,7)/t23-;/m1./s1. The molecule has 0 saturated heterocycles.